The smallest absolute Gasteiger partial charge is 0.317 e. The second-order valence-electron chi connectivity index (χ2n) is 5.23. The maximum atomic E-state index is 12.0. The normalized spacial score (nSPS) is 19.5. The zero-order valence-electron chi connectivity index (χ0n) is 12.3. The third kappa shape index (κ3) is 5.71. The van der Waals surface area contributed by atoms with Gasteiger partial charge in [-0.05, 0) is 24.5 Å². The van der Waals surface area contributed by atoms with Crippen LogP contribution in [0.4, 0.5) is 4.79 Å². The predicted octanol–water partition coefficient (Wildman–Crippen LogP) is 2.19. The average molecular weight is 326 g/mol. The van der Waals surface area contributed by atoms with E-state index < -0.39 is 10.8 Å². The van der Waals surface area contributed by atoms with Crippen LogP contribution in [0.3, 0.4) is 0 Å². The van der Waals surface area contributed by atoms with E-state index in [1.807, 2.05) is 22.7 Å². The van der Waals surface area contributed by atoms with Crippen molar-refractivity contribution in [2.24, 2.45) is 5.92 Å². The number of thioether (sulfide) groups is 1. The second-order valence-corrected chi connectivity index (χ2v) is 7.88. The van der Waals surface area contributed by atoms with Crippen molar-refractivity contribution in [2.75, 3.05) is 37.4 Å². The minimum Gasteiger partial charge on any atom is -0.337 e. The number of carbonyl (C=O) groups is 1. The highest BCUT2D eigenvalue weighted by molar-refractivity contribution is 7.99. The van der Waals surface area contributed by atoms with Crippen molar-refractivity contribution >= 4 is 28.6 Å². The van der Waals surface area contributed by atoms with Gasteiger partial charge in [0.15, 0.2) is 0 Å². The summed E-state index contributed by atoms with van der Waals surface area (Å²) in [4.78, 5) is 15.1. The molecule has 1 fully saturated rings. The van der Waals surface area contributed by atoms with Crippen LogP contribution in [0.25, 0.3) is 0 Å². The van der Waals surface area contributed by atoms with E-state index in [0.29, 0.717) is 18.2 Å². The molecule has 0 radical (unpaired) electrons. The molecule has 21 heavy (non-hydrogen) atoms. The molecule has 1 heterocycles. The Morgan fingerprint density at radius 3 is 2.90 bits per heavy atom. The molecule has 2 amide bonds. The van der Waals surface area contributed by atoms with E-state index in [0.717, 1.165) is 25.3 Å². The van der Waals surface area contributed by atoms with Gasteiger partial charge in [-0.25, -0.2) is 4.79 Å². The lowest BCUT2D eigenvalue weighted by Gasteiger charge is -2.17. The molecule has 2 rings (SSSR count). The van der Waals surface area contributed by atoms with Crippen molar-refractivity contribution in [1.82, 2.24) is 10.2 Å². The fourth-order valence-corrected chi connectivity index (χ4v) is 3.74. The molecule has 0 spiro atoms. The summed E-state index contributed by atoms with van der Waals surface area (Å²) in [6.07, 6.45) is 2.71. The lowest BCUT2D eigenvalue weighted by Crippen LogP contribution is -2.40. The molecule has 6 heteroatoms. The topological polar surface area (TPSA) is 49.4 Å². The molecule has 0 aromatic heterocycles. The van der Waals surface area contributed by atoms with Crippen molar-refractivity contribution in [3.63, 3.8) is 0 Å². The Balaban J connectivity index is 1.68. The zero-order valence-corrected chi connectivity index (χ0v) is 13.9. The molecule has 1 aliphatic heterocycles. The molecule has 2 atom stereocenters. The number of urea groups is 1. The van der Waals surface area contributed by atoms with Crippen LogP contribution in [0.5, 0.6) is 0 Å². The Bertz CT molecular complexity index is 482. The largest absolute Gasteiger partial charge is 0.337 e. The first-order chi connectivity index (χ1) is 10.1. The second kappa shape index (κ2) is 8.44. The quantitative estimate of drug-likeness (QED) is 0.815. The molecule has 1 saturated heterocycles. The number of carbonyl (C=O) groups excluding carboxylic acids is 1. The lowest BCUT2D eigenvalue weighted by molar-refractivity contribution is 0.208. The standard InChI is InChI=1S/C15H22N2O2S2/c1-21(19)10-8-16-15(18)17-9-7-13(11-17)12-20-14-5-3-2-4-6-14/h2-6,13H,7-12H2,1H3,(H,16,18)/t13-,21+/m1/s1. The van der Waals surface area contributed by atoms with Gasteiger partial charge in [-0.2, -0.15) is 0 Å². The van der Waals surface area contributed by atoms with Crippen LogP contribution in [0.1, 0.15) is 6.42 Å². The Kier molecular flexibility index (Phi) is 6.57. The molecule has 0 bridgehead atoms. The van der Waals surface area contributed by atoms with Gasteiger partial charge in [0.25, 0.3) is 0 Å². The number of rotatable bonds is 6. The number of amides is 2. The third-order valence-electron chi connectivity index (χ3n) is 3.47. The van der Waals surface area contributed by atoms with Crippen LogP contribution in [0.2, 0.25) is 0 Å². The van der Waals surface area contributed by atoms with Crippen molar-refractivity contribution in [1.29, 1.82) is 0 Å². The van der Waals surface area contributed by atoms with E-state index in [1.165, 1.54) is 4.90 Å². The molecular weight excluding hydrogens is 304 g/mol. The Morgan fingerprint density at radius 1 is 1.43 bits per heavy atom. The minimum atomic E-state index is -0.851. The van der Waals surface area contributed by atoms with E-state index in [4.69, 9.17) is 0 Å². The number of benzene rings is 1. The van der Waals surface area contributed by atoms with Crippen LogP contribution in [0, 0.1) is 5.92 Å². The van der Waals surface area contributed by atoms with Gasteiger partial charge in [-0.15, -0.1) is 11.8 Å². The molecule has 1 N–H and O–H groups in total. The highest BCUT2D eigenvalue weighted by Crippen LogP contribution is 2.25. The summed E-state index contributed by atoms with van der Waals surface area (Å²) < 4.78 is 11.0. The molecule has 0 unspecified atom stereocenters. The monoisotopic (exact) mass is 326 g/mol. The molecule has 0 aliphatic carbocycles. The van der Waals surface area contributed by atoms with E-state index >= 15 is 0 Å². The average Bonchev–Trinajstić information content (AvgIpc) is 2.95. The lowest BCUT2D eigenvalue weighted by atomic mass is 10.2. The van der Waals surface area contributed by atoms with Crippen LogP contribution in [-0.2, 0) is 10.8 Å². The van der Waals surface area contributed by atoms with E-state index in [9.17, 15) is 9.00 Å². The van der Waals surface area contributed by atoms with Crippen molar-refractivity contribution < 1.29 is 9.00 Å². The third-order valence-corrected chi connectivity index (χ3v) is 5.49. The first kappa shape index (κ1) is 16.4. The first-order valence-corrected chi connectivity index (χ1v) is 9.87. The number of hydrogen-bond acceptors (Lipinski definition) is 3. The van der Waals surface area contributed by atoms with Crippen LogP contribution in [0.15, 0.2) is 35.2 Å². The van der Waals surface area contributed by atoms with Gasteiger partial charge >= 0.3 is 6.03 Å². The molecule has 1 aromatic carbocycles. The maximum Gasteiger partial charge on any atom is 0.317 e. The van der Waals surface area contributed by atoms with Gasteiger partial charge in [-0.3, -0.25) is 4.21 Å². The van der Waals surface area contributed by atoms with Gasteiger partial charge in [0.2, 0.25) is 0 Å². The molecule has 4 nitrogen and oxygen atoms in total. The summed E-state index contributed by atoms with van der Waals surface area (Å²) in [5.41, 5.74) is 0. The number of nitrogens with one attached hydrogen (secondary N) is 1. The highest BCUT2D eigenvalue weighted by atomic mass is 32.2. The van der Waals surface area contributed by atoms with E-state index in [2.05, 4.69) is 29.6 Å². The summed E-state index contributed by atoms with van der Waals surface area (Å²) in [6, 6.07) is 10.3. The van der Waals surface area contributed by atoms with E-state index in [-0.39, 0.29) is 6.03 Å². The minimum absolute atomic E-state index is 0.0207. The summed E-state index contributed by atoms with van der Waals surface area (Å²) in [5, 5.41) is 2.84. The molecule has 116 valence electrons. The predicted molar refractivity (Wildman–Crippen MR) is 89.2 cm³/mol. The van der Waals surface area contributed by atoms with Crippen LogP contribution >= 0.6 is 11.8 Å². The van der Waals surface area contributed by atoms with Gasteiger partial charge < -0.3 is 10.2 Å². The van der Waals surface area contributed by atoms with Gasteiger partial charge in [0, 0.05) is 53.1 Å². The zero-order chi connectivity index (χ0) is 15.1. The fraction of sp³-hybridized carbons (Fsp3) is 0.533. The maximum absolute atomic E-state index is 12.0. The number of hydrogen-bond donors (Lipinski definition) is 1. The molecular formula is C15H22N2O2S2. The van der Waals surface area contributed by atoms with Crippen molar-refractivity contribution in [3.05, 3.63) is 30.3 Å². The van der Waals surface area contributed by atoms with Crippen LogP contribution < -0.4 is 5.32 Å². The summed E-state index contributed by atoms with van der Waals surface area (Å²) in [7, 11) is -0.851. The molecule has 1 aliphatic rings. The summed E-state index contributed by atoms with van der Waals surface area (Å²) >= 11 is 1.85. The summed E-state index contributed by atoms with van der Waals surface area (Å²) in [5.74, 6) is 2.13. The Hall–Kier alpha value is -1.01. The SMILES string of the molecule is C[S@](=O)CCNC(=O)N1CC[C@@H](CSc2ccccc2)C1. The number of nitrogens with zero attached hydrogens (tertiary/aromatic N) is 1. The van der Waals surface area contributed by atoms with Gasteiger partial charge in [-0.1, -0.05) is 18.2 Å². The van der Waals surface area contributed by atoms with Gasteiger partial charge in [0.05, 0.1) is 0 Å². The van der Waals surface area contributed by atoms with Crippen molar-refractivity contribution in [2.45, 2.75) is 11.3 Å². The Morgan fingerprint density at radius 2 is 2.19 bits per heavy atom. The van der Waals surface area contributed by atoms with E-state index in [1.54, 1.807) is 6.26 Å². The van der Waals surface area contributed by atoms with Crippen LogP contribution in [-0.4, -0.2) is 52.5 Å². The molecule has 0 saturated carbocycles. The van der Waals surface area contributed by atoms with Gasteiger partial charge in [0.1, 0.15) is 0 Å². The first-order valence-electron chi connectivity index (χ1n) is 7.16. The van der Waals surface area contributed by atoms with Crippen molar-refractivity contribution in [3.8, 4) is 0 Å². The summed E-state index contributed by atoms with van der Waals surface area (Å²) in [6.45, 7) is 2.13. The number of likely N-dealkylation sites (tertiary alicyclic amines) is 1. The Labute approximate surface area is 133 Å². The fourth-order valence-electron chi connectivity index (χ4n) is 2.30. The molecule has 1 aromatic rings. The highest BCUT2D eigenvalue weighted by Gasteiger charge is 2.25.